The van der Waals surface area contributed by atoms with Gasteiger partial charge in [-0.1, -0.05) is 11.3 Å². The minimum Gasteiger partial charge on any atom is -0.496 e. The maximum absolute atomic E-state index is 13.9. The highest BCUT2D eigenvalue weighted by Gasteiger charge is 2.30. The third-order valence-corrected chi connectivity index (χ3v) is 9.18. The predicted molar refractivity (Wildman–Crippen MR) is 158 cm³/mol. The number of aliphatic hydroxyl groups excluding tert-OH is 2. The zero-order valence-electron chi connectivity index (χ0n) is 24.0. The lowest BCUT2D eigenvalue weighted by molar-refractivity contribution is -0.126. The van der Waals surface area contributed by atoms with Crippen molar-refractivity contribution < 1.29 is 24.1 Å². The Balaban J connectivity index is 0.000000400. The number of carbonyl (C=O) groups excluding carboxylic acids is 1. The molecule has 2 aliphatic rings. The Bertz CT molecular complexity index is 1700. The molecule has 1 aromatic carbocycles. The molecule has 1 amide bonds. The third-order valence-electron chi connectivity index (χ3n) is 7.90. The molecule has 6 rings (SSSR count). The second-order valence-corrected chi connectivity index (χ2v) is 11.7. The average Bonchev–Trinajstić information content (AvgIpc) is 3.64. The maximum atomic E-state index is 13.9. The van der Waals surface area contributed by atoms with Crippen molar-refractivity contribution in [2.45, 2.75) is 76.7 Å². The number of aliphatic hydroxyl groups is 2. The largest absolute Gasteiger partial charge is 0.496 e. The van der Waals surface area contributed by atoms with Crippen molar-refractivity contribution in [2.24, 2.45) is 0 Å². The fourth-order valence-electron chi connectivity index (χ4n) is 5.57. The number of hydrogen-bond donors (Lipinski definition) is 3. The topological polar surface area (TPSA) is 153 Å². The molecule has 12 nitrogen and oxygen atoms in total. The Hall–Kier alpha value is -3.88. The van der Waals surface area contributed by atoms with Crippen molar-refractivity contribution in [1.82, 2.24) is 29.4 Å². The maximum Gasteiger partial charge on any atom is 0.332 e. The Kier molecular flexibility index (Phi) is 9.37. The molecule has 0 bridgehead atoms. The molecular formula is C29H35FN6O6S. The van der Waals surface area contributed by atoms with Crippen LogP contribution >= 0.6 is 11.3 Å². The highest BCUT2D eigenvalue weighted by Crippen LogP contribution is 2.31. The van der Waals surface area contributed by atoms with Crippen LogP contribution in [-0.4, -0.2) is 66.1 Å². The summed E-state index contributed by atoms with van der Waals surface area (Å²) < 4.78 is 21.8. The van der Waals surface area contributed by atoms with Crippen LogP contribution in [0.4, 0.5) is 4.39 Å². The van der Waals surface area contributed by atoms with Crippen LogP contribution in [0, 0.1) is 12.7 Å². The predicted octanol–water partition coefficient (Wildman–Crippen LogP) is 2.24. The molecule has 14 heteroatoms. The highest BCUT2D eigenvalue weighted by molar-refractivity contribution is 7.21. The van der Waals surface area contributed by atoms with Crippen LogP contribution in [0.3, 0.4) is 0 Å². The molecule has 1 aliphatic heterocycles. The summed E-state index contributed by atoms with van der Waals surface area (Å²) in [6.07, 6.45) is 7.21. The molecule has 0 radical (unpaired) electrons. The molecule has 3 aromatic heterocycles. The summed E-state index contributed by atoms with van der Waals surface area (Å²) in [6, 6.07) is 3.31. The van der Waals surface area contributed by atoms with E-state index in [9.17, 15) is 18.8 Å². The van der Waals surface area contributed by atoms with E-state index < -0.39 is 23.1 Å². The second-order valence-electron chi connectivity index (χ2n) is 10.8. The number of amides is 1. The van der Waals surface area contributed by atoms with Crippen LogP contribution in [0.5, 0.6) is 5.75 Å². The Morgan fingerprint density at radius 3 is 2.37 bits per heavy atom. The van der Waals surface area contributed by atoms with Gasteiger partial charge in [-0.05, 0) is 75.6 Å². The SMILES string of the molecule is COc1ccc(F)cc1CCn1c(=O)n(C2CCCNC2=O)c(=O)c2c(C)c(-n3nccn3)sc21.OC1CCC(O)CC1. The lowest BCUT2D eigenvalue weighted by Crippen LogP contribution is -2.49. The molecule has 230 valence electrons. The Morgan fingerprint density at radius 1 is 1.07 bits per heavy atom. The summed E-state index contributed by atoms with van der Waals surface area (Å²) in [7, 11) is 1.50. The number of methoxy groups -OCH3 is 1. The van der Waals surface area contributed by atoms with E-state index in [0.717, 1.165) is 30.3 Å². The molecular weight excluding hydrogens is 579 g/mol. The van der Waals surface area contributed by atoms with Crippen LogP contribution in [0.15, 0.2) is 40.2 Å². The first-order chi connectivity index (χ1) is 20.7. The minimum absolute atomic E-state index is 0.140. The Morgan fingerprint density at radius 2 is 1.74 bits per heavy atom. The van der Waals surface area contributed by atoms with Crippen molar-refractivity contribution in [2.75, 3.05) is 13.7 Å². The summed E-state index contributed by atoms with van der Waals surface area (Å²) >= 11 is 1.22. The number of halogens is 1. The summed E-state index contributed by atoms with van der Waals surface area (Å²) in [5.41, 5.74) is 0.108. The van der Waals surface area contributed by atoms with E-state index in [-0.39, 0.29) is 31.1 Å². The van der Waals surface area contributed by atoms with Crippen molar-refractivity contribution in [3.05, 3.63) is 68.4 Å². The molecule has 1 atom stereocenters. The van der Waals surface area contributed by atoms with Gasteiger partial charge in [0.1, 0.15) is 27.4 Å². The van der Waals surface area contributed by atoms with Crippen molar-refractivity contribution in [1.29, 1.82) is 0 Å². The van der Waals surface area contributed by atoms with E-state index in [1.54, 1.807) is 6.92 Å². The minimum atomic E-state index is -0.895. The summed E-state index contributed by atoms with van der Waals surface area (Å²) in [4.78, 5) is 41.8. The summed E-state index contributed by atoms with van der Waals surface area (Å²) in [5, 5.41) is 29.9. The van der Waals surface area contributed by atoms with E-state index in [1.165, 1.54) is 58.4 Å². The van der Waals surface area contributed by atoms with E-state index in [1.807, 2.05) is 0 Å². The molecule has 4 aromatic rings. The highest BCUT2D eigenvalue weighted by atomic mass is 32.1. The van der Waals surface area contributed by atoms with E-state index in [0.29, 0.717) is 51.5 Å². The molecule has 1 unspecified atom stereocenters. The molecule has 1 saturated heterocycles. The molecule has 2 fully saturated rings. The van der Waals surface area contributed by atoms with Gasteiger partial charge >= 0.3 is 5.69 Å². The lowest BCUT2D eigenvalue weighted by atomic mass is 9.95. The number of ether oxygens (including phenoxy) is 1. The normalized spacial score (nSPS) is 20.4. The van der Waals surface area contributed by atoms with Crippen LogP contribution in [0.1, 0.15) is 55.7 Å². The van der Waals surface area contributed by atoms with Gasteiger partial charge in [-0.2, -0.15) is 10.2 Å². The Labute approximate surface area is 250 Å². The van der Waals surface area contributed by atoms with Crippen molar-refractivity contribution >= 4 is 27.5 Å². The van der Waals surface area contributed by atoms with Crippen LogP contribution in [0.25, 0.3) is 15.2 Å². The van der Waals surface area contributed by atoms with Crippen molar-refractivity contribution in [3.63, 3.8) is 0 Å². The number of aryl methyl sites for hydroxylation is 3. The fraction of sp³-hybridized carbons (Fsp3) is 0.483. The van der Waals surface area contributed by atoms with Gasteiger partial charge in [0.05, 0.1) is 37.1 Å². The number of nitrogens with one attached hydrogen (secondary N) is 1. The van der Waals surface area contributed by atoms with Gasteiger partial charge in [-0.3, -0.25) is 14.2 Å². The van der Waals surface area contributed by atoms with Gasteiger partial charge in [-0.25, -0.2) is 13.8 Å². The van der Waals surface area contributed by atoms with Gasteiger partial charge in [0.25, 0.3) is 5.56 Å². The lowest BCUT2D eigenvalue weighted by Gasteiger charge is -2.24. The van der Waals surface area contributed by atoms with E-state index in [2.05, 4.69) is 15.5 Å². The number of nitrogens with zero attached hydrogens (tertiary/aromatic N) is 5. The third kappa shape index (κ3) is 6.40. The number of thiophene rings is 1. The van der Waals surface area contributed by atoms with Gasteiger partial charge in [0.2, 0.25) is 5.91 Å². The second kappa shape index (κ2) is 13.2. The number of rotatable bonds is 6. The van der Waals surface area contributed by atoms with E-state index >= 15 is 0 Å². The molecule has 0 spiro atoms. The zero-order valence-corrected chi connectivity index (χ0v) is 24.8. The van der Waals surface area contributed by atoms with Crippen molar-refractivity contribution in [3.8, 4) is 10.8 Å². The first kappa shape index (κ1) is 30.6. The van der Waals surface area contributed by atoms with Gasteiger partial charge in [0, 0.05) is 18.7 Å². The number of aromatic nitrogens is 5. The van der Waals surface area contributed by atoms with Gasteiger partial charge < -0.3 is 20.3 Å². The summed E-state index contributed by atoms with van der Waals surface area (Å²) in [6.45, 7) is 2.43. The molecule has 3 N–H and O–H groups in total. The fourth-order valence-corrected chi connectivity index (χ4v) is 6.81. The standard InChI is InChI=1S/C23H23FN6O4S.C6H12O2/c1-13-18-20(32)29(16-4-3-8-25-19(16)31)23(33)28(22(18)35-21(13)30-26-9-10-27-30)11-7-14-12-15(24)5-6-17(14)34-2;7-5-1-2-6(8)4-3-5/h5-6,9-10,12,16H,3-4,7-8,11H2,1-2H3,(H,25,31);5-8H,1-4H2. The molecule has 1 saturated carbocycles. The zero-order chi connectivity index (χ0) is 30.7. The first-order valence-corrected chi connectivity index (χ1v) is 15.1. The molecule has 43 heavy (non-hydrogen) atoms. The number of fused-ring (bicyclic) bond motifs is 1. The van der Waals surface area contributed by atoms with Crippen LogP contribution < -0.4 is 21.3 Å². The number of carbonyl (C=O) groups is 1. The van der Waals surface area contributed by atoms with Crippen LogP contribution in [0.2, 0.25) is 0 Å². The molecule has 4 heterocycles. The quantitative estimate of drug-likeness (QED) is 0.299. The summed E-state index contributed by atoms with van der Waals surface area (Å²) in [5.74, 6) is -0.268. The number of hydrogen-bond acceptors (Lipinski definition) is 9. The smallest absolute Gasteiger partial charge is 0.332 e. The van der Waals surface area contributed by atoms with Gasteiger partial charge in [-0.15, -0.1) is 4.80 Å². The van der Waals surface area contributed by atoms with Gasteiger partial charge in [0.15, 0.2) is 0 Å². The average molecular weight is 615 g/mol. The first-order valence-electron chi connectivity index (χ1n) is 14.3. The molecule has 1 aliphatic carbocycles. The van der Waals surface area contributed by atoms with Crippen LogP contribution in [-0.2, 0) is 17.8 Å². The number of benzene rings is 1. The number of piperidine rings is 1. The monoisotopic (exact) mass is 614 g/mol. The van der Waals surface area contributed by atoms with E-state index in [4.69, 9.17) is 14.9 Å².